The van der Waals surface area contributed by atoms with E-state index in [4.69, 9.17) is 23.2 Å². The van der Waals surface area contributed by atoms with E-state index in [2.05, 4.69) is 20.6 Å². The average Bonchev–Trinajstić information content (AvgIpc) is 2.64. The van der Waals surface area contributed by atoms with Crippen LogP contribution in [0.5, 0.6) is 0 Å². The van der Waals surface area contributed by atoms with Gasteiger partial charge in [-0.15, -0.1) is 0 Å². The van der Waals surface area contributed by atoms with Gasteiger partial charge in [0.2, 0.25) is 5.91 Å². The van der Waals surface area contributed by atoms with Crippen LogP contribution < -0.4 is 10.6 Å². The molecule has 0 aliphatic rings. The van der Waals surface area contributed by atoms with Gasteiger partial charge < -0.3 is 15.7 Å². The molecule has 0 fully saturated rings. The van der Waals surface area contributed by atoms with E-state index in [1.54, 1.807) is 24.4 Å². The fraction of sp³-hybridized carbons (Fsp3) is 0.111. The Bertz CT molecular complexity index is 1010. The van der Waals surface area contributed by atoms with Gasteiger partial charge in [0, 0.05) is 16.6 Å². The van der Waals surface area contributed by atoms with Crippen LogP contribution in [0.15, 0.2) is 42.6 Å². The summed E-state index contributed by atoms with van der Waals surface area (Å²) in [5.74, 6) is -1.31. The second-order valence-electron chi connectivity index (χ2n) is 5.60. The number of carbonyl (C=O) groups is 2. The van der Waals surface area contributed by atoms with Crippen LogP contribution in [0, 0.1) is 0 Å². The van der Waals surface area contributed by atoms with Crippen molar-refractivity contribution in [3.63, 3.8) is 0 Å². The quantitative estimate of drug-likeness (QED) is 0.581. The number of rotatable bonds is 6. The van der Waals surface area contributed by atoms with Crippen molar-refractivity contribution in [2.45, 2.75) is 6.54 Å². The summed E-state index contributed by atoms with van der Waals surface area (Å²) < 4.78 is 0. The number of nitrogens with zero attached hydrogens (tertiary/aromatic N) is 2. The lowest BCUT2D eigenvalue weighted by Crippen LogP contribution is -2.30. The highest BCUT2D eigenvalue weighted by molar-refractivity contribution is 6.39. The Kier molecular flexibility index (Phi) is 5.73. The molecule has 138 valence electrons. The molecule has 0 aliphatic carbocycles. The average molecular weight is 405 g/mol. The lowest BCUT2D eigenvalue weighted by atomic mass is 10.1. The van der Waals surface area contributed by atoms with Crippen LogP contribution in [0.25, 0.3) is 10.8 Å². The molecule has 3 rings (SSSR count). The Balaban J connectivity index is 1.79. The highest BCUT2D eigenvalue weighted by Gasteiger charge is 2.15. The first kappa shape index (κ1) is 18.9. The van der Waals surface area contributed by atoms with Crippen molar-refractivity contribution in [1.82, 2.24) is 15.3 Å². The molecule has 0 bridgehead atoms. The molecule has 0 saturated heterocycles. The molecule has 0 unspecified atom stereocenters. The van der Waals surface area contributed by atoms with Gasteiger partial charge in [-0.1, -0.05) is 29.3 Å². The third-order valence-electron chi connectivity index (χ3n) is 3.68. The lowest BCUT2D eigenvalue weighted by Gasteiger charge is -2.12. The Labute approximate surface area is 164 Å². The summed E-state index contributed by atoms with van der Waals surface area (Å²) in [4.78, 5) is 31.6. The van der Waals surface area contributed by atoms with E-state index < -0.39 is 5.97 Å². The third-order valence-corrected chi connectivity index (χ3v) is 4.19. The van der Waals surface area contributed by atoms with Gasteiger partial charge in [-0.3, -0.25) is 9.78 Å². The number of aromatic nitrogens is 2. The second-order valence-corrected chi connectivity index (χ2v) is 6.44. The molecular weight excluding hydrogens is 391 g/mol. The van der Waals surface area contributed by atoms with E-state index in [9.17, 15) is 14.7 Å². The number of aromatic carboxylic acids is 1. The third kappa shape index (κ3) is 4.64. The normalized spacial score (nSPS) is 10.6. The number of amides is 1. The molecule has 2 heterocycles. The number of pyridine rings is 2. The van der Waals surface area contributed by atoms with Crippen LogP contribution in [0.3, 0.4) is 0 Å². The first-order valence-corrected chi connectivity index (χ1v) is 8.63. The second kappa shape index (κ2) is 8.20. The molecule has 7 nitrogen and oxygen atoms in total. The summed E-state index contributed by atoms with van der Waals surface area (Å²) in [7, 11) is 0. The van der Waals surface area contributed by atoms with E-state index in [0.29, 0.717) is 20.8 Å². The molecule has 27 heavy (non-hydrogen) atoms. The maximum Gasteiger partial charge on any atom is 0.354 e. The van der Waals surface area contributed by atoms with Gasteiger partial charge in [-0.05, 0) is 35.7 Å². The number of carbonyl (C=O) groups excluding carboxylic acids is 1. The number of carboxylic acid groups (broad SMARTS) is 1. The van der Waals surface area contributed by atoms with Gasteiger partial charge >= 0.3 is 5.97 Å². The highest BCUT2D eigenvalue weighted by Crippen LogP contribution is 2.33. The van der Waals surface area contributed by atoms with E-state index in [0.717, 1.165) is 5.69 Å². The number of anilines is 1. The van der Waals surface area contributed by atoms with Crippen LogP contribution >= 0.6 is 23.2 Å². The summed E-state index contributed by atoms with van der Waals surface area (Å²) in [6, 6.07) is 9.90. The minimum absolute atomic E-state index is 0.114. The zero-order valence-electron chi connectivity index (χ0n) is 13.9. The van der Waals surface area contributed by atoms with Crippen LogP contribution in [0.4, 0.5) is 5.82 Å². The Morgan fingerprint density at radius 3 is 2.67 bits per heavy atom. The molecule has 0 atom stereocenters. The molecule has 3 N–H and O–H groups in total. The Morgan fingerprint density at radius 1 is 1.15 bits per heavy atom. The predicted molar refractivity (Wildman–Crippen MR) is 103 cm³/mol. The number of nitrogens with one attached hydrogen (secondary N) is 2. The minimum Gasteiger partial charge on any atom is -0.477 e. The monoisotopic (exact) mass is 404 g/mol. The molecule has 0 radical (unpaired) electrons. The van der Waals surface area contributed by atoms with E-state index in [1.165, 1.54) is 12.1 Å². The van der Waals surface area contributed by atoms with E-state index in [1.807, 2.05) is 6.07 Å². The first-order chi connectivity index (χ1) is 12.9. The van der Waals surface area contributed by atoms with Gasteiger partial charge in [0.25, 0.3) is 0 Å². The molecule has 1 aromatic carbocycles. The number of hydrogen-bond acceptors (Lipinski definition) is 5. The van der Waals surface area contributed by atoms with Gasteiger partial charge in [0.15, 0.2) is 5.69 Å². The maximum absolute atomic E-state index is 12.1. The lowest BCUT2D eigenvalue weighted by molar-refractivity contribution is -0.119. The first-order valence-electron chi connectivity index (χ1n) is 7.87. The van der Waals surface area contributed by atoms with Crippen molar-refractivity contribution in [2.24, 2.45) is 0 Å². The van der Waals surface area contributed by atoms with E-state index >= 15 is 0 Å². The maximum atomic E-state index is 12.1. The largest absolute Gasteiger partial charge is 0.477 e. The molecule has 0 aliphatic heterocycles. The smallest absolute Gasteiger partial charge is 0.354 e. The summed E-state index contributed by atoms with van der Waals surface area (Å²) in [5.41, 5.74) is 0.539. The van der Waals surface area contributed by atoms with Crippen molar-refractivity contribution >= 4 is 51.7 Å². The fourth-order valence-corrected chi connectivity index (χ4v) is 3.07. The molecule has 0 saturated carbocycles. The number of benzene rings is 1. The molecular formula is C18H14Cl2N4O3. The van der Waals surface area contributed by atoms with Crippen LogP contribution in [-0.2, 0) is 11.3 Å². The number of fused-ring (bicyclic) bond motifs is 1. The van der Waals surface area contributed by atoms with Crippen LogP contribution in [0.1, 0.15) is 16.2 Å². The van der Waals surface area contributed by atoms with Crippen molar-refractivity contribution in [2.75, 3.05) is 11.9 Å². The molecule has 3 aromatic rings. The summed E-state index contributed by atoms with van der Waals surface area (Å²) in [6.45, 7) is 0.165. The van der Waals surface area contributed by atoms with Gasteiger partial charge in [-0.25, -0.2) is 9.78 Å². The van der Waals surface area contributed by atoms with Crippen molar-refractivity contribution in [1.29, 1.82) is 0 Å². The van der Waals surface area contributed by atoms with Crippen molar-refractivity contribution < 1.29 is 14.7 Å². The minimum atomic E-state index is -1.20. The fourth-order valence-electron chi connectivity index (χ4n) is 2.47. The van der Waals surface area contributed by atoms with Crippen LogP contribution in [0.2, 0.25) is 10.0 Å². The predicted octanol–water partition coefficient (Wildman–Crippen LogP) is 3.36. The number of carboxylic acids is 1. The molecule has 1 amide bonds. The highest BCUT2D eigenvalue weighted by atomic mass is 35.5. The molecule has 2 aromatic heterocycles. The topological polar surface area (TPSA) is 104 Å². The summed E-state index contributed by atoms with van der Waals surface area (Å²) in [5, 5.41) is 16.5. The van der Waals surface area contributed by atoms with Gasteiger partial charge in [-0.2, -0.15) is 0 Å². The number of halogens is 2. The Morgan fingerprint density at radius 2 is 1.96 bits per heavy atom. The zero-order valence-corrected chi connectivity index (χ0v) is 15.4. The molecule has 0 spiro atoms. The Hall–Kier alpha value is -2.90. The zero-order chi connectivity index (χ0) is 19.4. The summed E-state index contributed by atoms with van der Waals surface area (Å²) in [6.07, 6.45) is 1.64. The van der Waals surface area contributed by atoms with E-state index in [-0.39, 0.29) is 30.5 Å². The number of hydrogen-bond donors (Lipinski definition) is 3. The van der Waals surface area contributed by atoms with Gasteiger partial charge in [0.1, 0.15) is 5.82 Å². The van der Waals surface area contributed by atoms with Gasteiger partial charge in [0.05, 0.1) is 23.8 Å². The van der Waals surface area contributed by atoms with Crippen LogP contribution in [-0.4, -0.2) is 33.5 Å². The summed E-state index contributed by atoms with van der Waals surface area (Å²) >= 11 is 12.2. The standard InChI is InChI=1S/C18H14Cl2N4O3/c19-11-5-10-6-14(18(26)27)24-17(16(10)13(20)7-11)23-9-15(25)22-8-12-3-1-2-4-21-12/h1-7H,8-9H2,(H,22,25)(H,23,24)(H,26,27). The molecule has 9 heteroatoms. The van der Waals surface area contributed by atoms with Crippen molar-refractivity contribution in [3.05, 3.63) is 64.0 Å². The SMILES string of the molecule is O=C(CNc1nc(C(=O)O)cc2cc(Cl)cc(Cl)c12)NCc1ccccn1. The van der Waals surface area contributed by atoms with Crippen molar-refractivity contribution in [3.8, 4) is 0 Å².